The number of carbonyl (C=O) groups excluding carboxylic acids is 2. The standard InChI is InChI=1S/C19H33N3O2/c23-18(7-6-16-8-10-20-11-9-16)21-12-14-22(15-13-21)19(24)17-4-2-1-3-5-17/h16-17,20H,1-15H2. The van der Waals surface area contributed by atoms with Crippen molar-refractivity contribution in [3.05, 3.63) is 0 Å². The maximum Gasteiger partial charge on any atom is 0.225 e. The highest BCUT2D eigenvalue weighted by Gasteiger charge is 2.29. The molecule has 0 aromatic heterocycles. The summed E-state index contributed by atoms with van der Waals surface area (Å²) in [4.78, 5) is 29.0. The van der Waals surface area contributed by atoms with Crippen LogP contribution in [0.3, 0.4) is 0 Å². The maximum atomic E-state index is 12.6. The van der Waals surface area contributed by atoms with Gasteiger partial charge in [-0.05, 0) is 51.1 Å². The van der Waals surface area contributed by atoms with Crippen LogP contribution < -0.4 is 5.32 Å². The molecule has 3 fully saturated rings. The largest absolute Gasteiger partial charge is 0.339 e. The molecule has 5 nitrogen and oxygen atoms in total. The molecule has 0 aromatic carbocycles. The first-order valence-corrected chi connectivity index (χ1v) is 10.0. The number of hydrogen-bond acceptors (Lipinski definition) is 3. The van der Waals surface area contributed by atoms with Crippen molar-refractivity contribution in [2.75, 3.05) is 39.3 Å². The average molecular weight is 335 g/mol. The van der Waals surface area contributed by atoms with Crippen LogP contribution in [0.2, 0.25) is 0 Å². The van der Waals surface area contributed by atoms with Gasteiger partial charge in [-0.1, -0.05) is 19.3 Å². The summed E-state index contributed by atoms with van der Waals surface area (Å²) in [5, 5.41) is 3.38. The fraction of sp³-hybridized carbons (Fsp3) is 0.895. The molecule has 2 heterocycles. The van der Waals surface area contributed by atoms with E-state index in [1.807, 2.05) is 9.80 Å². The summed E-state index contributed by atoms with van der Waals surface area (Å²) in [6, 6.07) is 0. The van der Waals surface area contributed by atoms with Crippen LogP contribution in [0.4, 0.5) is 0 Å². The van der Waals surface area contributed by atoms with E-state index in [0.29, 0.717) is 24.2 Å². The molecule has 0 spiro atoms. The minimum atomic E-state index is 0.251. The van der Waals surface area contributed by atoms with E-state index in [0.717, 1.165) is 58.5 Å². The van der Waals surface area contributed by atoms with E-state index in [1.165, 1.54) is 32.1 Å². The van der Waals surface area contributed by atoms with E-state index in [-0.39, 0.29) is 5.92 Å². The van der Waals surface area contributed by atoms with Gasteiger partial charge in [0.05, 0.1) is 0 Å². The second-order valence-electron chi connectivity index (χ2n) is 7.77. The first-order chi connectivity index (χ1) is 11.7. The van der Waals surface area contributed by atoms with Crippen molar-refractivity contribution in [1.82, 2.24) is 15.1 Å². The lowest BCUT2D eigenvalue weighted by Gasteiger charge is -2.37. The molecule has 0 radical (unpaired) electrons. The topological polar surface area (TPSA) is 52.7 Å². The minimum Gasteiger partial charge on any atom is -0.339 e. The number of rotatable bonds is 4. The van der Waals surface area contributed by atoms with Gasteiger partial charge >= 0.3 is 0 Å². The molecule has 2 aliphatic heterocycles. The fourth-order valence-electron chi connectivity index (χ4n) is 4.44. The Labute approximate surface area is 146 Å². The summed E-state index contributed by atoms with van der Waals surface area (Å²) in [7, 11) is 0. The Bertz CT molecular complexity index is 420. The predicted molar refractivity (Wildman–Crippen MR) is 94.6 cm³/mol. The van der Waals surface area contributed by atoms with Gasteiger partial charge in [-0.15, -0.1) is 0 Å². The van der Waals surface area contributed by atoms with Gasteiger partial charge in [-0.2, -0.15) is 0 Å². The summed E-state index contributed by atoms with van der Waals surface area (Å²) in [5.74, 6) is 1.60. The number of amides is 2. The minimum absolute atomic E-state index is 0.251. The Morgan fingerprint density at radius 2 is 1.46 bits per heavy atom. The zero-order chi connectivity index (χ0) is 16.8. The average Bonchev–Trinajstić information content (AvgIpc) is 2.67. The zero-order valence-electron chi connectivity index (χ0n) is 15.0. The first-order valence-electron chi connectivity index (χ1n) is 10.0. The van der Waals surface area contributed by atoms with Crippen molar-refractivity contribution >= 4 is 11.8 Å². The van der Waals surface area contributed by atoms with E-state index in [4.69, 9.17) is 0 Å². The van der Waals surface area contributed by atoms with Crippen LogP contribution in [0.15, 0.2) is 0 Å². The van der Waals surface area contributed by atoms with E-state index < -0.39 is 0 Å². The summed E-state index contributed by atoms with van der Waals surface area (Å²) in [6.07, 6.45) is 9.93. The molecule has 1 N–H and O–H groups in total. The third-order valence-electron chi connectivity index (χ3n) is 6.12. The van der Waals surface area contributed by atoms with E-state index in [2.05, 4.69) is 5.32 Å². The Hall–Kier alpha value is -1.10. The van der Waals surface area contributed by atoms with Gasteiger partial charge in [0, 0.05) is 38.5 Å². The van der Waals surface area contributed by atoms with Crippen molar-refractivity contribution in [3.63, 3.8) is 0 Å². The molecule has 136 valence electrons. The highest BCUT2D eigenvalue weighted by Crippen LogP contribution is 2.26. The Morgan fingerprint density at radius 3 is 2.12 bits per heavy atom. The second-order valence-corrected chi connectivity index (χ2v) is 7.77. The third-order valence-corrected chi connectivity index (χ3v) is 6.12. The number of hydrogen-bond donors (Lipinski definition) is 1. The van der Waals surface area contributed by atoms with Crippen LogP contribution in [-0.2, 0) is 9.59 Å². The monoisotopic (exact) mass is 335 g/mol. The number of piperazine rings is 1. The van der Waals surface area contributed by atoms with Crippen molar-refractivity contribution < 1.29 is 9.59 Å². The summed E-state index contributed by atoms with van der Waals surface area (Å²) >= 11 is 0. The Morgan fingerprint density at radius 1 is 0.833 bits per heavy atom. The van der Waals surface area contributed by atoms with Crippen LogP contribution in [0.5, 0.6) is 0 Å². The predicted octanol–water partition coefficient (Wildman–Crippen LogP) is 2.02. The smallest absolute Gasteiger partial charge is 0.225 e. The lowest BCUT2D eigenvalue weighted by atomic mass is 9.88. The molecular weight excluding hydrogens is 302 g/mol. The van der Waals surface area contributed by atoms with Gasteiger partial charge in [-0.25, -0.2) is 0 Å². The van der Waals surface area contributed by atoms with Crippen LogP contribution in [0.1, 0.15) is 57.8 Å². The molecule has 0 unspecified atom stereocenters. The zero-order valence-corrected chi connectivity index (χ0v) is 15.0. The molecule has 1 saturated carbocycles. The van der Waals surface area contributed by atoms with Gasteiger partial charge in [0.2, 0.25) is 11.8 Å². The SMILES string of the molecule is O=C(CCC1CCNCC1)N1CCN(C(=O)C2CCCCC2)CC1. The molecule has 3 aliphatic rings. The van der Waals surface area contributed by atoms with Gasteiger partial charge in [0.15, 0.2) is 0 Å². The molecular formula is C19H33N3O2. The molecule has 5 heteroatoms. The second kappa shape index (κ2) is 8.84. The van der Waals surface area contributed by atoms with Gasteiger partial charge in [0.25, 0.3) is 0 Å². The Kier molecular flexibility index (Phi) is 6.52. The summed E-state index contributed by atoms with van der Waals surface area (Å²) in [5.41, 5.74) is 0. The molecule has 24 heavy (non-hydrogen) atoms. The molecule has 2 saturated heterocycles. The van der Waals surface area contributed by atoms with Crippen LogP contribution in [-0.4, -0.2) is 60.9 Å². The molecule has 3 rings (SSSR count). The first kappa shape index (κ1) is 17.7. The van der Waals surface area contributed by atoms with Crippen LogP contribution in [0, 0.1) is 11.8 Å². The molecule has 0 aromatic rings. The van der Waals surface area contributed by atoms with E-state index in [9.17, 15) is 9.59 Å². The normalized spacial score (nSPS) is 24.2. The van der Waals surface area contributed by atoms with Gasteiger partial charge < -0.3 is 15.1 Å². The number of piperidine rings is 1. The fourth-order valence-corrected chi connectivity index (χ4v) is 4.44. The molecule has 0 atom stereocenters. The van der Waals surface area contributed by atoms with Gasteiger partial charge in [0.1, 0.15) is 0 Å². The van der Waals surface area contributed by atoms with E-state index in [1.54, 1.807) is 0 Å². The van der Waals surface area contributed by atoms with Crippen molar-refractivity contribution in [3.8, 4) is 0 Å². The Balaban J connectivity index is 1.37. The van der Waals surface area contributed by atoms with Crippen molar-refractivity contribution in [2.45, 2.75) is 57.8 Å². The number of nitrogens with one attached hydrogen (secondary N) is 1. The molecule has 0 bridgehead atoms. The highest BCUT2D eigenvalue weighted by molar-refractivity contribution is 5.80. The lowest BCUT2D eigenvalue weighted by molar-refractivity contribution is -0.143. The van der Waals surface area contributed by atoms with Gasteiger partial charge in [-0.3, -0.25) is 9.59 Å². The third kappa shape index (κ3) is 4.71. The summed E-state index contributed by atoms with van der Waals surface area (Å²) in [6.45, 7) is 5.11. The van der Waals surface area contributed by atoms with Crippen LogP contribution in [0.25, 0.3) is 0 Å². The summed E-state index contributed by atoms with van der Waals surface area (Å²) < 4.78 is 0. The van der Waals surface area contributed by atoms with E-state index >= 15 is 0 Å². The molecule has 2 amide bonds. The molecule has 1 aliphatic carbocycles. The number of carbonyl (C=O) groups is 2. The van der Waals surface area contributed by atoms with Crippen molar-refractivity contribution in [2.24, 2.45) is 11.8 Å². The maximum absolute atomic E-state index is 12.6. The lowest BCUT2D eigenvalue weighted by Crippen LogP contribution is -2.52. The highest BCUT2D eigenvalue weighted by atomic mass is 16.2. The van der Waals surface area contributed by atoms with Crippen molar-refractivity contribution in [1.29, 1.82) is 0 Å². The quantitative estimate of drug-likeness (QED) is 0.855. The van der Waals surface area contributed by atoms with Crippen LogP contribution >= 0.6 is 0 Å². The number of nitrogens with zero attached hydrogens (tertiary/aromatic N) is 2.